The van der Waals surface area contributed by atoms with Crippen LogP contribution < -0.4 is 11.1 Å². The molecule has 1 saturated heterocycles. The Balaban J connectivity index is 2.01. The van der Waals surface area contributed by atoms with Crippen LogP contribution in [0.3, 0.4) is 0 Å². The van der Waals surface area contributed by atoms with Crippen LogP contribution in [0.5, 0.6) is 0 Å². The van der Waals surface area contributed by atoms with Crippen LogP contribution in [0, 0.1) is 12.8 Å². The summed E-state index contributed by atoms with van der Waals surface area (Å²) in [6, 6.07) is 7.86. The fraction of sp³-hybridized carbons (Fsp3) is 0.500. The van der Waals surface area contributed by atoms with Crippen molar-refractivity contribution in [1.82, 2.24) is 5.32 Å². The first-order chi connectivity index (χ1) is 8.59. The lowest BCUT2D eigenvalue weighted by Crippen LogP contribution is -2.41. The van der Waals surface area contributed by atoms with Crippen molar-refractivity contribution in [1.29, 1.82) is 0 Å². The maximum atomic E-state index is 12.1. The molecular formula is C14H20N2O2. The van der Waals surface area contributed by atoms with Crippen molar-refractivity contribution in [3.05, 3.63) is 35.4 Å². The summed E-state index contributed by atoms with van der Waals surface area (Å²) < 4.78 is 5.22. The Morgan fingerprint density at radius 3 is 2.78 bits per heavy atom. The Morgan fingerprint density at radius 2 is 2.17 bits per heavy atom. The van der Waals surface area contributed by atoms with E-state index in [9.17, 15) is 4.79 Å². The van der Waals surface area contributed by atoms with E-state index in [0.717, 1.165) is 5.56 Å². The molecule has 4 nitrogen and oxygen atoms in total. The minimum Gasteiger partial charge on any atom is -0.379 e. The fourth-order valence-electron chi connectivity index (χ4n) is 2.31. The lowest BCUT2D eigenvalue weighted by Gasteiger charge is -2.20. The van der Waals surface area contributed by atoms with Crippen molar-refractivity contribution >= 4 is 5.91 Å². The van der Waals surface area contributed by atoms with Crippen LogP contribution in [0.25, 0.3) is 0 Å². The van der Waals surface area contributed by atoms with E-state index in [1.165, 1.54) is 5.56 Å². The molecule has 0 saturated carbocycles. The Kier molecular flexibility index (Phi) is 3.99. The molecule has 3 atom stereocenters. The predicted octanol–water partition coefficient (Wildman–Crippen LogP) is 1.15. The second kappa shape index (κ2) is 5.50. The van der Waals surface area contributed by atoms with Gasteiger partial charge in [-0.05, 0) is 25.0 Å². The molecule has 1 aliphatic rings. The SMILES string of the molecule is Cc1ccccc1[C@H](C)NC(=O)C1COCC1N. The van der Waals surface area contributed by atoms with Gasteiger partial charge in [-0.15, -0.1) is 0 Å². The highest BCUT2D eigenvalue weighted by atomic mass is 16.5. The zero-order valence-electron chi connectivity index (χ0n) is 10.8. The highest BCUT2D eigenvalue weighted by Gasteiger charge is 2.32. The van der Waals surface area contributed by atoms with Crippen LogP contribution in [0.4, 0.5) is 0 Å². The van der Waals surface area contributed by atoms with E-state index in [2.05, 4.69) is 5.32 Å². The quantitative estimate of drug-likeness (QED) is 0.843. The van der Waals surface area contributed by atoms with Gasteiger partial charge in [-0.2, -0.15) is 0 Å². The number of amides is 1. The smallest absolute Gasteiger partial charge is 0.227 e. The summed E-state index contributed by atoms with van der Waals surface area (Å²) in [5, 5.41) is 3.01. The molecule has 0 bridgehead atoms. The summed E-state index contributed by atoms with van der Waals surface area (Å²) in [7, 11) is 0. The van der Waals surface area contributed by atoms with Gasteiger partial charge in [0.05, 0.1) is 25.2 Å². The standard InChI is InChI=1S/C14H20N2O2/c1-9-5-3-4-6-11(9)10(2)16-14(17)12-7-18-8-13(12)15/h3-6,10,12-13H,7-8,15H2,1-2H3,(H,16,17)/t10-,12?,13?/m0/s1. The molecule has 1 aromatic carbocycles. The number of aryl methyl sites for hydroxylation is 1. The van der Waals surface area contributed by atoms with Gasteiger partial charge in [0.2, 0.25) is 5.91 Å². The lowest BCUT2D eigenvalue weighted by molar-refractivity contribution is -0.125. The van der Waals surface area contributed by atoms with Crippen molar-refractivity contribution in [2.24, 2.45) is 11.7 Å². The highest BCUT2D eigenvalue weighted by molar-refractivity contribution is 5.80. The van der Waals surface area contributed by atoms with Gasteiger partial charge in [0.25, 0.3) is 0 Å². The van der Waals surface area contributed by atoms with Gasteiger partial charge in [0.15, 0.2) is 0 Å². The maximum absolute atomic E-state index is 12.1. The Morgan fingerprint density at radius 1 is 1.44 bits per heavy atom. The van der Waals surface area contributed by atoms with E-state index < -0.39 is 0 Å². The molecule has 18 heavy (non-hydrogen) atoms. The Bertz CT molecular complexity index is 434. The summed E-state index contributed by atoms with van der Waals surface area (Å²) in [6.07, 6.45) is 0. The summed E-state index contributed by atoms with van der Waals surface area (Å²) in [5.41, 5.74) is 8.15. The molecule has 1 aromatic rings. The maximum Gasteiger partial charge on any atom is 0.227 e. The summed E-state index contributed by atoms with van der Waals surface area (Å²) >= 11 is 0. The molecule has 4 heteroatoms. The van der Waals surface area contributed by atoms with Crippen LogP contribution in [-0.4, -0.2) is 25.2 Å². The van der Waals surface area contributed by atoms with Gasteiger partial charge < -0.3 is 15.8 Å². The zero-order valence-corrected chi connectivity index (χ0v) is 10.8. The third-order valence-corrected chi connectivity index (χ3v) is 3.48. The van der Waals surface area contributed by atoms with E-state index in [4.69, 9.17) is 10.5 Å². The van der Waals surface area contributed by atoms with E-state index in [-0.39, 0.29) is 23.9 Å². The van der Waals surface area contributed by atoms with Crippen molar-refractivity contribution in [3.63, 3.8) is 0 Å². The van der Waals surface area contributed by atoms with Crippen molar-refractivity contribution in [2.75, 3.05) is 13.2 Å². The average molecular weight is 248 g/mol. The second-order valence-corrected chi connectivity index (χ2v) is 4.89. The first kappa shape index (κ1) is 13.1. The number of nitrogens with one attached hydrogen (secondary N) is 1. The first-order valence-corrected chi connectivity index (χ1v) is 6.29. The van der Waals surface area contributed by atoms with Crippen molar-refractivity contribution in [3.8, 4) is 0 Å². The molecule has 0 aliphatic carbocycles. The van der Waals surface area contributed by atoms with Gasteiger partial charge in [0.1, 0.15) is 0 Å². The predicted molar refractivity (Wildman–Crippen MR) is 70.0 cm³/mol. The molecule has 3 N–H and O–H groups in total. The molecule has 0 spiro atoms. The van der Waals surface area contributed by atoms with Crippen LogP contribution in [0.1, 0.15) is 24.1 Å². The molecule has 0 radical (unpaired) electrons. The number of ether oxygens (including phenoxy) is 1. The topological polar surface area (TPSA) is 64.3 Å². The second-order valence-electron chi connectivity index (χ2n) is 4.89. The van der Waals surface area contributed by atoms with Gasteiger partial charge in [-0.1, -0.05) is 24.3 Å². The van der Waals surface area contributed by atoms with E-state index in [1.54, 1.807) is 0 Å². The van der Waals surface area contributed by atoms with Gasteiger partial charge in [0, 0.05) is 6.04 Å². The Hall–Kier alpha value is -1.39. The summed E-state index contributed by atoms with van der Waals surface area (Å²) in [5.74, 6) is -0.243. The molecule has 2 rings (SSSR count). The lowest BCUT2D eigenvalue weighted by atomic mass is 10.00. The van der Waals surface area contributed by atoms with E-state index in [1.807, 2.05) is 38.1 Å². The third kappa shape index (κ3) is 2.71. The van der Waals surface area contributed by atoms with Crippen LogP contribution in [-0.2, 0) is 9.53 Å². The van der Waals surface area contributed by atoms with Crippen LogP contribution in [0.15, 0.2) is 24.3 Å². The third-order valence-electron chi connectivity index (χ3n) is 3.48. The molecule has 1 amide bonds. The average Bonchev–Trinajstić information content (AvgIpc) is 2.76. The molecule has 2 unspecified atom stereocenters. The van der Waals surface area contributed by atoms with Gasteiger partial charge in [-0.3, -0.25) is 4.79 Å². The number of hydrogen-bond acceptors (Lipinski definition) is 3. The van der Waals surface area contributed by atoms with Gasteiger partial charge in [-0.25, -0.2) is 0 Å². The zero-order chi connectivity index (χ0) is 13.1. The molecule has 1 aliphatic heterocycles. The largest absolute Gasteiger partial charge is 0.379 e. The van der Waals surface area contributed by atoms with Crippen molar-refractivity contribution in [2.45, 2.75) is 25.9 Å². The number of rotatable bonds is 3. The Labute approximate surface area is 108 Å². The fourth-order valence-corrected chi connectivity index (χ4v) is 2.31. The number of hydrogen-bond donors (Lipinski definition) is 2. The number of carbonyl (C=O) groups is 1. The van der Waals surface area contributed by atoms with Crippen molar-refractivity contribution < 1.29 is 9.53 Å². The minimum atomic E-state index is -0.225. The molecular weight excluding hydrogens is 228 g/mol. The minimum absolute atomic E-state index is 0.00787. The number of nitrogens with two attached hydrogens (primary N) is 1. The molecule has 1 heterocycles. The number of benzene rings is 1. The normalized spacial score (nSPS) is 24.8. The number of carbonyl (C=O) groups excluding carboxylic acids is 1. The molecule has 1 fully saturated rings. The van der Waals surface area contributed by atoms with Crippen LogP contribution in [0.2, 0.25) is 0 Å². The monoisotopic (exact) mass is 248 g/mol. The first-order valence-electron chi connectivity index (χ1n) is 6.29. The summed E-state index contributed by atoms with van der Waals surface area (Å²) in [6.45, 7) is 4.92. The van der Waals surface area contributed by atoms with Gasteiger partial charge >= 0.3 is 0 Å². The molecule has 0 aromatic heterocycles. The van der Waals surface area contributed by atoms with E-state index >= 15 is 0 Å². The summed E-state index contributed by atoms with van der Waals surface area (Å²) in [4.78, 5) is 12.1. The van der Waals surface area contributed by atoms with E-state index in [0.29, 0.717) is 13.2 Å². The highest BCUT2D eigenvalue weighted by Crippen LogP contribution is 2.19. The molecule has 98 valence electrons. The van der Waals surface area contributed by atoms with Crippen LogP contribution >= 0.6 is 0 Å².